The summed E-state index contributed by atoms with van der Waals surface area (Å²) >= 11 is 5.94. The van der Waals surface area contributed by atoms with Crippen LogP contribution >= 0.6 is 11.6 Å². The smallest absolute Gasteiger partial charge is 0.131 e. The normalized spacial score (nSPS) is 28.0. The highest BCUT2D eigenvalue weighted by atomic mass is 35.5. The number of nitrogens with one attached hydrogen (secondary N) is 1. The highest BCUT2D eigenvalue weighted by Crippen LogP contribution is 2.37. The summed E-state index contributed by atoms with van der Waals surface area (Å²) in [7, 11) is 0. The molecule has 0 spiro atoms. The highest BCUT2D eigenvalue weighted by Gasteiger charge is 2.31. The molecule has 3 heteroatoms. The Bertz CT molecular complexity index is 453. The number of halogens is 1. The summed E-state index contributed by atoms with van der Waals surface area (Å²) in [4.78, 5) is 4.22. The minimum Gasteiger partial charge on any atom is -0.310 e. The molecule has 1 fully saturated rings. The topological polar surface area (TPSA) is 24.9 Å². The van der Waals surface area contributed by atoms with E-state index in [9.17, 15) is 0 Å². The minimum absolute atomic E-state index is 0.589. The van der Waals surface area contributed by atoms with Crippen LogP contribution in [0.1, 0.15) is 24.0 Å². The van der Waals surface area contributed by atoms with Gasteiger partial charge in [-0.1, -0.05) is 17.7 Å². The van der Waals surface area contributed by atoms with Gasteiger partial charge in [0, 0.05) is 12.2 Å². The van der Waals surface area contributed by atoms with Crippen molar-refractivity contribution in [2.24, 2.45) is 5.92 Å². The van der Waals surface area contributed by atoms with Gasteiger partial charge < -0.3 is 5.32 Å². The van der Waals surface area contributed by atoms with Crippen LogP contribution in [-0.4, -0.2) is 17.6 Å². The van der Waals surface area contributed by atoms with E-state index in [-0.39, 0.29) is 0 Å². The maximum Gasteiger partial charge on any atom is 0.131 e. The van der Waals surface area contributed by atoms with Gasteiger partial charge in [-0.3, -0.25) is 0 Å². The first-order valence-corrected chi connectivity index (χ1v) is 6.18. The number of pyridine rings is 1. The molecule has 1 N–H and O–H groups in total. The molecular formula is C13H15ClN2. The van der Waals surface area contributed by atoms with E-state index in [0.29, 0.717) is 11.2 Å². The Kier molecular flexibility index (Phi) is 2.49. The van der Waals surface area contributed by atoms with Crippen molar-refractivity contribution >= 4 is 17.2 Å². The molecule has 3 rings (SSSR count). The quantitative estimate of drug-likeness (QED) is 0.756. The molecule has 0 bridgehead atoms. The van der Waals surface area contributed by atoms with Crippen LogP contribution in [0.2, 0.25) is 5.15 Å². The number of hydrogen-bond acceptors (Lipinski definition) is 2. The van der Waals surface area contributed by atoms with Crippen LogP contribution in [0.3, 0.4) is 0 Å². The molecule has 0 amide bonds. The van der Waals surface area contributed by atoms with E-state index in [1.165, 1.54) is 24.0 Å². The fourth-order valence-corrected chi connectivity index (χ4v) is 2.82. The molecule has 0 radical (unpaired) electrons. The molecule has 84 valence electrons. The second-order valence-electron chi connectivity index (χ2n) is 4.76. The zero-order valence-electron chi connectivity index (χ0n) is 9.33. The summed E-state index contributed by atoms with van der Waals surface area (Å²) in [5.41, 5.74) is 3.72. The van der Waals surface area contributed by atoms with Gasteiger partial charge in [-0.05, 0) is 55.0 Å². The van der Waals surface area contributed by atoms with Gasteiger partial charge in [0.1, 0.15) is 5.15 Å². The van der Waals surface area contributed by atoms with Crippen molar-refractivity contribution in [1.82, 2.24) is 10.3 Å². The van der Waals surface area contributed by atoms with Crippen molar-refractivity contribution in [2.45, 2.75) is 25.8 Å². The first-order valence-electron chi connectivity index (χ1n) is 5.80. The molecule has 0 saturated carbocycles. The molecule has 2 heterocycles. The van der Waals surface area contributed by atoms with Gasteiger partial charge in [-0.15, -0.1) is 0 Å². The number of rotatable bonds is 1. The summed E-state index contributed by atoms with van der Waals surface area (Å²) in [6.45, 7) is 3.17. The lowest BCUT2D eigenvalue weighted by molar-refractivity contribution is 0.553. The Morgan fingerprint density at radius 3 is 3.12 bits per heavy atom. The summed E-state index contributed by atoms with van der Waals surface area (Å²) in [5, 5.41) is 4.13. The SMILES string of the molecule is Cc1cc(C2=C[C@H]3NCC[C@H]3C2)cnc1Cl. The van der Waals surface area contributed by atoms with Crippen molar-refractivity contribution in [2.75, 3.05) is 6.54 Å². The third-order valence-electron chi connectivity index (χ3n) is 3.65. The lowest BCUT2D eigenvalue weighted by Crippen LogP contribution is -2.20. The van der Waals surface area contributed by atoms with Crippen LogP contribution in [0.4, 0.5) is 0 Å². The molecule has 1 aliphatic carbocycles. The predicted octanol–water partition coefficient (Wildman–Crippen LogP) is 2.81. The van der Waals surface area contributed by atoms with Crippen LogP contribution in [0.25, 0.3) is 5.57 Å². The average Bonchev–Trinajstić information content (AvgIpc) is 2.81. The van der Waals surface area contributed by atoms with Gasteiger partial charge in [0.05, 0.1) is 0 Å². The van der Waals surface area contributed by atoms with Crippen LogP contribution in [0.5, 0.6) is 0 Å². The minimum atomic E-state index is 0.589. The Hall–Kier alpha value is -0.860. The van der Waals surface area contributed by atoms with Crippen molar-refractivity contribution in [3.63, 3.8) is 0 Å². The predicted molar refractivity (Wildman–Crippen MR) is 66.5 cm³/mol. The third kappa shape index (κ3) is 1.66. The lowest BCUT2D eigenvalue weighted by Gasteiger charge is -2.07. The molecule has 1 aromatic rings. The monoisotopic (exact) mass is 234 g/mol. The van der Waals surface area contributed by atoms with E-state index < -0.39 is 0 Å². The van der Waals surface area contributed by atoms with E-state index >= 15 is 0 Å². The number of hydrogen-bond donors (Lipinski definition) is 1. The Morgan fingerprint density at radius 1 is 1.50 bits per heavy atom. The molecule has 1 saturated heterocycles. The van der Waals surface area contributed by atoms with Gasteiger partial charge in [0.25, 0.3) is 0 Å². The third-order valence-corrected chi connectivity index (χ3v) is 4.05. The Labute approximate surface area is 101 Å². The van der Waals surface area contributed by atoms with Crippen molar-refractivity contribution in [3.8, 4) is 0 Å². The van der Waals surface area contributed by atoms with Gasteiger partial charge in [-0.25, -0.2) is 4.98 Å². The molecule has 2 nitrogen and oxygen atoms in total. The number of aryl methyl sites for hydroxylation is 1. The van der Waals surface area contributed by atoms with E-state index in [1.807, 2.05) is 13.1 Å². The molecule has 2 atom stereocenters. The largest absolute Gasteiger partial charge is 0.310 e. The fourth-order valence-electron chi connectivity index (χ4n) is 2.72. The zero-order valence-corrected chi connectivity index (χ0v) is 10.1. The molecule has 1 aromatic heterocycles. The Balaban J connectivity index is 1.90. The number of fused-ring (bicyclic) bond motifs is 1. The molecule has 2 aliphatic rings. The van der Waals surface area contributed by atoms with Gasteiger partial charge >= 0.3 is 0 Å². The standard InChI is InChI=1S/C13H15ClN2/c1-8-4-11(7-16-13(8)14)10-5-9-2-3-15-12(9)6-10/h4,6-7,9,12,15H,2-3,5H2,1H3/t9-,12+/m0/s1. The fraction of sp³-hybridized carbons (Fsp3) is 0.462. The first-order chi connectivity index (χ1) is 7.74. The van der Waals surface area contributed by atoms with Crippen LogP contribution < -0.4 is 5.32 Å². The number of aromatic nitrogens is 1. The number of nitrogens with zero attached hydrogens (tertiary/aromatic N) is 1. The van der Waals surface area contributed by atoms with Crippen molar-refractivity contribution in [3.05, 3.63) is 34.6 Å². The van der Waals surface area contributed by atoms with E-state index in [0.717, 1.165) is 18.0 Å². The highest BCUT2D eigenvalue weighted by molar-refractivity contribution is 6.30. The molecular weight excluding hydrogens is 220 g/mol. The van der Waals surface area contributed by atoms with Gasteiger partial charge in [0.15, 0.2) is 0 Å². The van der Waals surface area contributed by atoms with Gasteiger partial charge in [-0.2, -0.15) is 0 Å². The molecule has 1 aliphatic heterocycles. The first kappa shape index (κ1) is 10.3. The maximum atomic E-state index is 5.94. The molecule has 16 heavy (non-hydrogen) atoms. The van der Waals surface area contributed by atoms with E-state index in [1.54, 1.807) is 0 Å². The van der Waals surface area contributed by atoms with Crippen molar-refractivity contribution in [1.29, 1.82) is 0 Å². The van der Waals surface area contributed by atoms with Crippen LogP contribution in [-0.2, 0) is 0 Å². The lowest BCUT2D eigenvalue weighted by atomic mass is 9.99. The van der Waals surface area contributed by atoms with Gasteiger partial charge in [0.2, 0.25) is 0 Å². The second-order valence-corrected chi connectivity index (χ2v) is 5.11. The van der Waals surface area contributed by atoms with Crippen LogP contribution in [0.15, 0.2) is 18.3 Å². The summed E-state index contributed by atoms with van der Waals surface area (Å²) in [6.07, 6.45) is 6.73. The van der Waals surface area contributed by atoms with E-state index in [2.05, 4.69) is 22.4 Å². The van der Waals surface area contributed by atoms with E-state index in [4.69, 9.17) is 11.6 Å². The summed E-state index contributed by atoms with van der Waals surface area (Å²) < 4.78 is 0. The zero-order chi connectivity index (χ0) is 11.1. The maximum absolute atomic E-state index is 5.94. The average molecular weight is 235 g/mol. The summed E-state index contributed by atoms with van der Waals surface area (Å²) in [6, 6.07) is 2.73. The van der Waals surface area contributed by atoms with Crippen molar-refractivity contribution < 1.29 is 0 Å². The van der Waals surface area contributed by atoms with Crippen LogP contribution in [0, 0.1) is 12.8 Å². The second kappa shape index (κ2) is 3.86. The summed E-state index contributed by atoms with van der Waals surface area (Å²) in [5.74, 6) is 0.797. The molecule has 0 unspecified atom stereocenters. The number of allylic oxidation sites excluding steroid dienone is 1. The molecule has 0 aromatic carbocycles. The Morgan fingerprint density at radius 2 is 2.38 bits per heavy atom.